The van der Waals surface area contributed by atoms with Crippen LogP contribution in [-0.2, 0) is 19.1 Å². The molecule has 9 heteroatoms. The lowest BCUT2D eigenvalue weighted by atomic mass is 10.1. The van der Waals surface area contributed by atoms with Gasteiger partial charge < -0.3 is 15.0 Å². The Morgan fingerprint density at radius 2 is 1.69 bits per heavy atom. The lowest BCUT2D eigenvalue weighted by Gasteiger charge is -2.21. The first kappa shape index (κ1) is 19.1. The molecular weight excluding hydrogens is 342 g/mol. The van der Waals surface area contributed by atoms with Crippen LogP contribution in [0.25, 0.3) is 0 Å². The van der Waals surface area contributed by atoms with Crippen LogP contribution in [0, 0.1) is 0 Å². The predicted octanol–water partition coefficient (Wildman–Crippen LogP) is -0.581. The predicted molar refractivity (Wildman–Crippen MR) is 89.1 cm³/mol. The minimum atomic E-state index is -1.18. The maximum absolute atomic E-state index is 12.3. The first-order valence-corrected chi connectivity index (χ1v) is 7.86. The molecule has 1 atom stereocenters. The molecule has 26 heavy (non-hydrogen) atoms. The average molecular weight is 361 g/mol. The summed E-state index contributed by atoms with van der Waals surface area (Å²) in [4.78, 5) is 61.8. The second-order valence-corrected chi connectivity index (χ2v) is 5.73. The van der Waals surface area contributed by atoms with Crippen LogP contribution in [0.15, 0.2) is 24.3 Å². The summed E-state index contributed by atoms with van der Waals surface area (Å²) in [5, 5.41) is 2.37. The highest BCUT2D eigenvalue weighted by molar-refractivity contribution is 6.22. The number of esters is 1. The van der Waals surface area contributed by atoms with Crippen molar-refractivity contribution in [1.82, 2.24) is 15.1 Å². The normalized spacial score (nSPS) is 13.9. The van der Waals surface area contributed by atoms with Crippen LogP contribution in [0.4, 0.5) is 0 Å². The zero-order chi connectivity index (χ0) is 19.4. The molecule has 1 aromatic carbocycles. The molecule has 0 fully saturated rings. The Bertz CT molecular complexity index is 741. The van der Waals surface area contributed by atoms with Gasteiger partial charge in [-0.2, -0.15) is 0 Å². The molecule has 0 unspecified atom stereocenters. The van der Waals surface area contributed by atoms with E-state index in [1.165, 1.54) is 33.2 Å². The number of fused-ring (bicyclic) bond motifs is 1. The van der Waals surface area contributed by atoms with Gasteiger partial charge in [0.05, 0.1) is 17.7 Å². The van der Waals surface area contributed by atoms with Crippen molar-refractivity contribution in [2.45, 2.75) is 13.0 Å². The van der Waals surface area contributed by atoms with Crippen molar-refractivity contribution in [3.63, 3.8) is 0 Å². The van der Waals surface area contributed by atoms with E-state index in [9.17, 15) is 24.0 Å². The number of nitrogens with one attached hydrogen (secondary N) is 1. The van der Waals surface area contributed by atoms with Crippen molar-refractivity contribution in [2.24, 2.45) is 0 Å². The Morgan fingerprint density at radius 3 is 2.19 bits per heavy atom. The number of hydrogen-bond acceptors (Lipinski definition) is 6. The number of likely N-dealkylation sites (N-methyl/N-ethyl adjacent to an activating group) is 2. The molecule has 0 saturated heterocycles. The largest absolute Gasteiger partial charge is 0.454 e. The Balaban J connectivity index is 1.96. The molecular formula is C17H19N3O6. The summed E-state index contributed by atoms with van der Waals surface area (Å²) in [6.07, 6.45) is 0. The van der Waals surface area contributed by atoms with E-state index >= 15 is 0 Å². The maximum atomic E-state index is 12.3. The number of imide groups is 1. The summed E-state index contributed by atoms with van der Waals surface area (Å²) in [5.41, 5.74) is 0.442. The summed E-state index contributed by atoms with van der Waals surface area (Å²) < 4.78 is 4.90. The van der Waals surface area contributed by atoms with Crippen LogP contribution in [0.1, 0.15) is 27.6 Å². The first-order chi connectivity index (χ1) is 12.3. The van der Waals surface area contributed by atoms with Crippen molar-refractivity contribution < 1.29 is 28.7 Å². The number of ether oxygens (including phenoxy) is 1. The molecule has 1 aromatic rings. The van der Waals surface area contributed by atoms with Gasteiger partial charge >= 0.3 is 5.97 Å². The number of rotatable bonds is 6. The van der Waals surface area contributed by atoms with Crippen molar-refractivity contribution >= 4 is 29.6 Å². The van der Waals surface area contributed by atoms with Crippen LogP contribution in [0.3, 0.4) is 0 Å². The minimum absolute atomic E-state index is 0.180. The van der Waals surface area contributed by atoms with Gasteiger partial charge in [-0.15, -0.1) is 0 Å². The van der Waals surface area contributed by atoms with Crippen molar-refractivity contribution in [2.75, 3.05) is 27.2 Å². The standard InChI is InChI=1S/C17H19N3O6/c1-10(17(25)26-9-14(22)19(3)8-13(21)18-2)20-15(23)11-6-4-5-7-12(11)16(20)24/h4-7,10H,8-9H2,1-3H3,(H,18,21)/t10-/m0/s1. The van der Waals surface area contributed by atoms with Gasteiger partial charge in [-0.25, -0.2) is 4.79 Å². The topological polar surface area (TPSA) is 113 Å². The maximum Gasteiger partial charge on any atom is 0.329 e. The lowest BCUT2D eigenvalue weighted by Crippen LogP contribution is -2.45. The molecule has 1 aliphatic heterocycles. The third-order valence-electron chi connectivity index (χ3n) is 3.98. The molecule has 0 radical (unpaired) electrons. The molecule has 9 nitrogen and oxygen atoms in total. The van der Waals surface area contributed by atoms with Crippen LogP contribution in [0.2, 0.25) is 0 Å². The van der Waals surface area contributed by atoms with Gasteiger partial charge in [0, 0.05) is 14.1 Å². The lowest BCUT2D eigenvalue weighted by molar-refractivity contribution is -0.154. The van der Waals surface area contributed by atoms with E-state index in [1.807, 2.05) is 0 Å². The summed E-state index contributed by atoms with van der Waals surface area (Å²) >= 11 is 0. The molecule has 0 spiro atoms. The van der Waals surface area contributed by atoms with Crippen molar-refractivity contribution in [1.29, 1.82) is 0 Å². The summed E-state index contributed by atoms with van der Waals surface area (Å²) in [7, 11) is 2.82. The average Bonchev–Trinajstić information content (AvgIpc) is 2.89. The van der Waals surface area contributed by atoms with E-state index in [0.29, 0.717) is 0 Å². The van der Waals surface area contributed by atoms with E-state index in [2.05, 4.69) is 5.32 Å². The Kier molecular flexibility index (Phi) is 5.71. The van der Waals surface area contributed by atoms with Gasteiger partial charge in [-0.05, 0) is 19.1 Å². The monoisotopic (exact) mass is 361 g/mol. The van der Waals surface area contributed by atoms with Gasteiger partial charge in [0.15, 0.2) is 6.61 Å². The fourth-order valence-electron chi connectivity index (χ4n) is 2.41. The van der Waals surface area contributed by atoms with E-state index in [1.54, 1.807) is 12.1 Å². The number of benzene rings is 1. The highest BCUT2D eigenvalue weighted by Gasteiger charge is 2.41. The van der Waals surface area contributed by atoms with E-state index < -0.39 is 36.3 Å². The molecule has 0 aliphatic carbocycles. The number of carbonyl (C=O) groups is 5. The molecule has 4 amide bonds. The third kappa shape index (κ3) is 3.71. The second-order valence-electron chi connectivity index (χ2n) is 5.73. The van der Waals surface area contributed by atoms with Gasteiger partial charge in [0.1, 0.15) is 6.04 Å². The van der Waals surface area contributed by atoms with Crippen LogP contribution >= 0.6 is 0 Å². The minimum Gasteiger partial charge on any atom is -0.454 e. The molecule has 0 saturated carbocycles. The van der Waals surface area contributed by atoms with E-state index in [0.717, 1.165) is 9.80 Å². The Morgan fingerprint density at radius 1 is 1.15 bits per heavy atom. The third-order valence-corrected chi connectivity index (χ3v) is 3.98. The molecule has 138 valence electrons. The quantitative estimate of drug-likeness (QED) is 0.536. The van der Waals surface area contributed by atoms with Crippen LogP contribution in [-0.4, -0.2) is 72.7 Å². The van der Waals surface area contributed by atoms with Gasteiger partial charge in [0.2, 0.25) is 5.91 Å². The van der Waals surface area contributed by atoms with Gasteiger partial charge in [-0.3, -0.25) is 24.1 Å². The summed E-state index contributed by atoms with van der Waals surface area (Å²) in [6.45, 7) is 0.573. The fourth-order valence-corrected chi connectivity index (χ4v) is 2.41. The second kappa shape index (κ2) is 7.77. The van der Waals surface area contributed by atoms with Crippen molar-refractivity contribution in [3.05, 3.63) is 35.4 Å². The first-order valence-electron chi connectivity index (χ1n) is 7.86. The highest BCUT2D eigenvalue weighted by atomic mass is 16.5. The van der Waals surface area contributed by atoms with E-state index in [-0.39, 0.29) is 23.6 Å². The van der Waals surface area contributed by atoms with Gasteiger partial charge in [-0.1, -0.05) is 12.1 Å². The van der Waals surface area contributed by atoms with Gasteiger partial charge in [0.25, 0.3) is 17.7 Å². The summed E-state index contributed by atoms with van der Waals surface area (Å²) in [5.74, 6) is -3.01. The van der Waals surface area contributed by atoms with E-state index in [4.69, 9.17) is 4.74 Å². The number of amides is 4. The molecule has 0 aromatic heterocycles. The Hall–Kier alpha value is -3.23. The smallest absolute Gasteiger partial charge is 0.329 e. The van der Waals surface area contributed by atoms with Crippen LogP contribution < -0.4 is 5.32 Å². The van der Waals surface area contributed by atoms with Crippen molar-refractivity contribution in [3.8, 4) is 0 Å². The zero-order valence-corrected chi connectivity index (χ0v) is 14.6. The van der Waals surface area contributed by atoms with Crippen LogP contribution in [0.5, 0.6) is 0 Å². The number of hydrogen-bond donors (Lipinski definition) is 1. The SMILES string of the molecule is CNC(=O)CN(C)C(=O)COC(=O)[C@H](C)N1C(=O)c2ccccc2C1=O. The molecule has 1 N–H and O–H groups in total. The molecule has 0 bridgehead atoms. The zero-order valence-electron chi connectivity index (χ0n) is 14.6. The number of nitrogens with zero attached hydrogens (tertiary/aromatic N) is 2. The summed E-state index contributed by atoms with van der Waals surface area (Å²) in [6, 6.07) is 5.07. The molecule has 1 aliphatic rings. The molecule has 2 rings (SSSR count). The fraction of sp³-hybridized carbons (Fsp3) is 0.353. The number of carbonyl (C=O) groups excluding carboxylic acids is 5. The highest BCUT2D eigenvalue weighted by Crippen LogP contribution is 2.24. The Labute approximate surface area is 149 Å². The molecule has 1 heterocycles.